The maximum atomic E-state index is 12.7. The van der Waals surface area contributed by atoms with Gasteiger partial charge in [0.25, 0.3) is 7.82 Å². The number of nitrogens with one attached hydrogen (secondary N) is 1. The molecule has 51 heavy (non-hydrogen) atoms. The number of carbonyl (C=O) groups excluding carboxylic acids is 1. The second-order valence-electron chi connectivity index (χ2n) is 16.1. The smallest absolute Gasteiger partial charge is 0.268 e. The predicted octanol–water partition coefficient (Wildman–Crippen LogP) is 10.9. The van der Waals surface area contributed by atoms with E-state index in [9.17, 15) is 19.4 Å². The number of nitrogens with zero attached hydrogens (tertiary/aromatic N) is 1. The molecule has 0 aromatic carbocycles. The molecular formula is C42H85N2O6P. The standard InChI is InChI=1S/C42H85N2O6P/c1-6-8-10-12-13-14-15-16-17-18-19-20-21-22-23-24-25-26-27-28-29-30-31-32-34-36-42(46)43-40(41(45)35-33-11-9-7-2)39-50-51(47,48)49-38-37-44(3,4)5/h18-19,40-41,45H,6-17,20-39H2,1-5H3,(H-,43,46,47,48)/b19-18-. The molecule has 0 aliphatic heterocycles. The lowest BCUT2D eigenvalue weighted by Crippen LogP contribution is -2.46. The van der Waals surface area contributed by atoms with Gasteiger partial charge in [0.05, 0.1) is 39.9 Å². The fourth-order valence-corrected chi connectivity index (χ4v) is 6.99. The zero-order chi connectivity index (χ0) is 37.9. The summed E-state index contributed by atoms with van der Waals surface area (Å²) in [6, 6.07) is -0.792. The molecule has 3 unspecified atom stereocenters. The van der Waals surface area contributed by atoms with E-state index in [2.05, 4.69) is 31.3 Å². The minimum atomic E-state index is -4.54. The van der Waals surface area contributed by atoms with E-state index in [1.807, 2.05) is 21.1 Å². The van der Waals surface area contributed by atoms with Gasteiger partial charge in [-0.2, -0.15) is 0 Å². The molecule has 0 aromatic heterocycles. The first-order valence-electron chi connectivity index (χ1n) is 21.5. The molecule has 0 bridgehead atoms. The number of phosphoric ester groups is 1. The highest BCUT2D eigenvalue weighted by atomic mass is 31.2. The molecule has 0 radical (unpaired) electrons. The van der Waals surface area contributed by atoms with Crippen molar-refractivity contribution in [2.24, 2.45) is 0 Å². The van der Waals surface area contributed by atoms with Crippen LogP contribution in [-0.2, 0) is 18.4 Å². The Labute approximate surface area is 316 Å². The predicted molar refractivity (Wildman–Crippen MR) is 215 cm³/mol. The van der Waals surface area contributed by atoms with Crippen LogP contribution in [0.4, 0.5) is 0 Å². The van der Waals surface area contributed by atoms with E-state index in [0.717, 1.165) is 44.9 Å². The summed E-state index contributed by atoms with van der Waals surface area (Å²) in [4.78, 5) is 25.0. The van der Waals surface area contributed by atoms with Crippen molar-refractivity contribution in [2.45, 2.75) is 212 Å². The van der Waals surface area contributed by atoms with Gasteiger partial charge in [0.1, 0.15) is 13.2 Å². The molecule has 0 aliphatic carbocycles. The molecule has 0 rings (SSSR count). The highest BCUT2D eigenvalue weighted by molar-refractivity contribution is 7.45. The molecule has 8 nitrogen and oxygen atoms in total. The summed E-state index contributed by atoms with van der Waals surface area (Å²) in [6.07, 6.45) is 38.6. The monoisotopic (exact) mass is 745 g/mol. The van der Waals surface area contributed by atoms with E-state index < -0.39 is 20.0 Å². The fourth-order valence-electron chi connectivity index (χ4n) is 6.27. The topological polar surface area (TPSA) is 108 Å². The SMILES string of the molecule is CCCCCCCCCC/C=C\CCCCCCCCCCCCCCCC(=O)NC(COP(=O)([O-])OCC[N+](C)(C)C)C(O)CCCCCC. The highest BCUT2D eigenvalue weighted by Gasteiger charge is 2.24. The lowest BCUT2D eigenvalue weighted by molar-refractivity contribution is -0.870. The van der Waals surface area contributed by atoms with Crippen LogP contribution in [0.3, 0.4) is 0 Å². The van der Waals surface area contributed by atoms with E-state index in [0.29, 0.717) is 23.9 Å². The van der Waals surface area contributed by atoms with E-state index in [1.165, 1.54) is 128 Å². The number of aliphatic hydroxyl groups excluding tert-OH is 1. The molecular weight excluding hydrogens is 659 g/mol. The summed E-state index contributed by atoms with van der Waals surface area (Å²) in [6.45, 7) is 4.60. The van der Waals surface area contributed by atoms with E-state index >= 15 is 0 Å². The number of allylic oxidation sites excluding steroid dienone is 2. The zero-order valence-corrected chi connectivity index (χ0v) is 35.2. The molecule has 0 aromatic rings. The summed E-state index contributed by atoms with van der Waals surface area (Å²) in [5, 5.41) is 13.6. The van der Waals surface area contributed by atoms with Gasteiger partial charge in [-0.15, -0.1) is 0 Å². The number of phosphoric acid groups is 1. The van der Waals surface area contributed by atoms with Gasteiger partial charge >= 0.3 is 0 Å². The average molecular weight is 745 g/mol. The highest BCUT2D eigenvalue weighted by Crippen LogP contribution is 2.38. The number of quaternary nitrogens is 1. The van der Waals surface area contributed by atoms with Crippen LogP contribution in [0.1, 0.15) is 200 Å². The summed E-state index contributed by atoms with van der Waals surface area (Å²) in [7, 11) is 1.30. The normalized spacial score (nSPS) is 14.6. The number of unbranched alkanes of at least 4 members (excludes halogenated alkanes) is 24. The fraction of sp³-hybridized carbons (Fsp3) is 0.929. The second kappa shape index (κ2) is 35.0. The number of rotatable bonds is 39. The van der Waals surface area contributed by atoms with Gasteiger partial charge in [-0.1, -0.05) is 167 Å². The van der Waals surface area contributed by atoms with Crippen molar-refractivity contribution in [3.05, 3.63) is 12.2 Å². The maximum absolute atomic E-state index is 12.7. The second-order valence-corrected chi connectivity index (χ2v) is 17.5. The summed E-state index contributed by atoms with van der Waals surface area (Å²) < 4.78 is 23.0. The van der Waals surface area contributed by atoms with Crippen LogP contribution in [-0.4, -0.2) is 68.5 Å². The van der Waals surface area contributed by atoms with Gasteiger partial charge in [0, 0.05) is 6.42 Å². The molecule has 3 atom stereocenters. The lowest BCUT2D eigenvalue weighted by atomic mass is 10.0. The summed E-state index contributed by atoms with van der Waals surface area (Å²) in [5.41, 5.74) is 0. The van der Waals surface area contributed by atoms with Gasteiger partial charge in [0.2, 0.25) is 5.91 Å². The van der Waals surface area contributed by atoms with Crippen molar-refractivity contribution in [3.63, 3.8) is 0 Å². The van der Waals surface area contributed by atoms with Crippen LogP contribution >= 0.6 is 7.82 Å². The van der Waals surface area contributed by atoms with Crippen LogP contribution in [0.25, 0.3) is 0 Å². The van der Waals surface area contributed by atoms with Gasteiger partial charge in [0.15, 0.2) is 0 Å². The molecule has 0 spiro atoms. The van der Waals surface area contributed by atoms with Crippen LogP contribution in [0.5, 0.6) is 0 Å². The molecule has 9 heteroatoms. The Morgan fingerprint density at radius 3 is 1.53 bits per heavy atom. The largest absolute Gasteiger partial charge is 0.756 e. The molecule has 0 heterocycles. The molecule has 0 aliphatic rings. The Balaban J connectivity index is 3.91. The number of hydrogen-bond donors (Lipinski definition) is 2. The quantitative estimate of drug-likeness (QED) is 0.0281. The van der Waals surface area contributed by atoms with Crippen LogP contribution in [0, 0.1) is 0 Å². The van der Waals surface area contributed by atoms with Gasteiger partial charge in [-0.05, 0) is 38.5 Å². The van der Waals surface area contributed by atoms with Crippen molar-refractivity contribution in [3.8, 4) is 0 Å². The lowest BCUT2D eigenvalue weighted by Gasteiger charge is -2.30. The minimum Gasteiger partial charge on any atom is -0.756 e. The van der Waals surface area contributed by atoms with E-state index in [4.69, 9.17) is 9.05 Å². The Bertz CT molecular complexity index is 850. The summed E-state index contributed by atoms with van der Waals surface area (Å²) >= 11 is 0. The Kier molecular flexibility index (Phi) is 34.5. The van der Waals surface area contributed by atoms with Crippen molar-refractivity contribution in [2.75, 3.05) is 40.9 Å². The van der Waals surface area contributed by atoms with E-state index in [1.54, 1.807) is 0 Å². The molecule has 1 amide bonds. The maximum Gasteiger partial charge on any atom is 0.268 e. The molecule has 0 saturated heterocycles. The minimum absolute atomic E-state index is 0.0127. The third-order valence-electron chi connectivity index (χ3n) is 9.75. The van der Waals surface area contributed by atoms with Crippen molar-refractivity contribution < 1.29 is 32.9 Å². The molecule has 304 valence electrons. The number of amides is 1. The number of likely N-dealkylation sites (N-methyl/N-ethyl adjacent to an activating group) is 1. The zero-order valence-electron chi connectivity index (χ0n) is 34.3. The van der Waals surface area contributed by atoms with E-state index in [-0.39, 0.29) is 19.1 Å². The van der Waals surface area contributed by atoms with Crippen LogP contribution < -0.4 is 10.2 Å². The van der Waals surface area contributed by atoms with Crippen molar-refractivity contribution >= 4 is 13.7 Å². The number of aliphatic hydroxyl groups is 1. The van der Waals surface area contributed by atoms with Crippen molar-refractivity contribution in [1.29, 1.82) is 0 Å². The molecule has 0 saturated carbocycles. The third-order valence-corrected chi connectivity index (χ3v) is 10.7. The Hall–Kier alpha value is -0.760. The van der Waals surface area contributed by atoms with Crippen LogP contribution in [0.15, 0.2) is 12.2 Å². The average Bonchev–Trinajstić information content (AvgIpc) is 3.07. The number of carbonyl (C=O) groups is 1. The van der Waals surface area contributed by atoms with Crippen molar-refractivity contribution in [1.82, 2.24) is 5.32 Å². The Morgan fingerprint density at radius 1 is 0.667 bits per heavy atom. The molecule has 0 fully saturated rings. The van der Waals surface area contributed by atoms with Crippen LogP contribution in [0.2, 0.25) is 0 Å². The van der Waals surface area contributed by atoms with Gasteiger partial charge in [-0.25, -0.2) is 0 Å². The first kappa shape index (κ1) is 50.2. The van der Waals surface area contributed by atoms with Gasteiger partial charge in [-0.3, -0.25) is 9.36 Å². The van der Waals surface area contributed by atoms with Gasteiger partial charge < -0.3 is 28.8 Å². The Morgan fingerprint density at radius 2 is 1.08 bits per heavy atom. The first-order chi connectivity index (χ1) is 24.5. The molecule has 2 N–H and O–H groups in total. The summed E-state index contributed by atoms with van der Waals surface area (Å²) in [5.74, 6) is -0.173. The number of hydrogen-bond acceptors (Lipinski definition) is 6. The third kappa shape index (κ3) is 37.4. The first-order valence-corrected chi connectivity index (χ1v) is 23.0.